The van der Waals surface area contributed by atoms with Crippen molar-refractivity contribution in [3.8, 4) is 0 Å². The van der Waals surface area contributed by atoms with Crippen LogP contribution in [0.4, 0.5) is 4.39 Å². The molecule has 0 atom stereocenters. The Morgan fingerprint density at radius 2 is 1.65 bits per heavy atom. The maximum Gasteiger partial charge on any atom is 0.414 e. The van der Waals surface area contributed by atoms with Crippen molar-refractivity contribution >= 4 is 11.9 Å². The number of carboxylic acids is 2. The molecule has 0 saturated heterocycles. The van der Waals surface area contributed by atoms with E-state index in [-0.39, 0.29) is 5.82 Å². The number of aliphatic carboxylic acids is 2. The zero-order valence-corrected chi connectivity index (χ0v) is 11.5. The van der Waals surface area contributed by atoms with E-state index in [1.54, 1.807) is 12.1 Å². The minimum Gasteiger partial charge on any atom is -0.473 e. The van der Waals surface area contributed by atoms with Gasteiger partial charge in [0.1, 0.15) is 5.82 Å². The van der Waals surface area contributed by atoms with Crippen molar-refractivity contribution in [3.05, 3.63) is 35.6 Å². The van der Waals surface area contributed by atoms with Gasteiger partial charge in [0, 0.05) is 19.6 Å². The molecule has 0 bridgehead atoms. The monoisotopic (exact) mass is 286 g/mol. The summed E-state index contributed by atoms with van der Waals surface area (Å²) in [5, 5.41) is 18.1. The van der Waals surface area contributed by atoms with Gasteiger partial charge in [-0.2, -0.15) is 0 Å². The molecule has 6 nitrogen and oxygen atoms in total. The maximum absolute atomic E-state index is 12.6. The van der Waals surface area contributed by atoms with Gasteiger partial charge in [0.25, 0.3) is 0 Å². The lowest BCUT2D eigenvalue weighted by atomic mass is 10.2. The van der Waals surface area contributed by atoms with Crippen molar-refractivity contribution in [1.29, 1.82) is 0 Å². The molecule has 0 spiro atoms. The molecular weight excluding hydrogens is 267 g/mol. The number of halogens is 1. The summed E-state index contributed by atoms with van der Waals surface area (Å²) < 4.78 is 12.6. The molecule has 0 heterocycles. The molecule has 20 heavy (non-hydrogen) atoms. The molecule has 3 N–H and O–H groups in total. The lowest BCUT2D eigenvalue weighted by molar-refractivity contribution is -0.159. The third-order valence-electron chi connectivity index (χ3n) is 2.16. The number of rotatable bonds is 5. The summed E-state index contributed by atoms with van der Waals surface area (Å²) >= 11 is 0. The average molecular weight is 286 g/mol. The van der Waals surface area contributed by atoms with Crippen LogP contribution in [0, 0.1) is 5.82 Å². The SMILES string of the molecule is CN(C)CCNCc1ccc(F)cc1.O=C(O)C(=O)O. The molecule has 0 aliphatic heterocycles. The van der Waals surface area contributed by atoms with Crippen LogP contribution < -0.4 is 5.32 Å². The molecule has 0 aliphatic carbocycles. The highest BCUT2D eigenvalue weighted by molar-refractivity contribution is 6.27. The number of benzene rings is 1. The van der Waals surface area contributed by atoms with Crippen LogP contribution in [0.2, 0.25) is 0 Å². The Balaban J connectivity index is 0.000000511. The molecule has 1 rings (SSSR count). The topological polar surface area (TPSA) is 89.9 Å². The largest absolute Gasteiger partial charge is 0.473 e. The van der Waals surface area contributed by atoms with Gasteiger partial charge >= 0.3 is 11.9 Å². The number of likely N-dealkylation sites (N-methyl/N-ethyl adjacent to an activating group) is 1. The summed E-state index contributed by atoms with van der Waals surface area (Å²) in [6.45, 7) is 2.76. The van der Waals surface area contributed by atoms with Gasteiger partial charge in [-0.1, -0.05) is 12.1 Å². The minimum atomic E-state index is -1.82. The molecule has 0 radical (unpaired) electrons. The lowest BCUT2D eigenvalue weighted by Crippen LogP contribution is -2.26. The fourth-order valence-corrected chi connectivity index (χ4v) is 1.14. The maximum atomic E-state index is 12.6. The van der Waals surface area contributed by atoms with Gasteiger partial charge in [0.15, 0.2) is 0 Å². The van der Waals surface area contributed by atoms with E-state index in [9.17, 15) is 4.39 Å². The molecule has 0 amide bonds. The van der Waals surface area contributed by atoms with Crippen molar-refractivity contribution in [3.63, 3.8) is 0 Å². The van der Waals surface area contributed by atoms with Gasteiger partial charge in [0.05, 0.1) is 0 Å². The number of hydrogen-bond donors (Lipinski definition) is 3. The van der Waals surface area contributed by atoms with Crippen LogP contribution in [0.25, 0.3) is 0 Å². The molecule has 0 aliphatic rings. The second-order valence-corrected chi connectivity index (χ2v) is 4.22. The molecule has 0 aromatic heterocycles. The predicted octanol–water partition coefficient (Wildman–Crippen LogP) is 0.632. The first-order chi connectivity index (χ1) is 9.32. The van der Waals surface area contributed by atoms with Gasteiger partial charge in [-0.25, -0.2) is 14.0 Å². The zero-order chi connectivity index (χ0) is 15.5. The second-order valence-electron chi connectivity index (χ2n) is 4.22. The smallest absolute Gasteiger partial charge is 0.414 e. The van der Waals surface area contributed by atoms with Crippen LogP contribution in [0.15, 0.2) is 24.3 Å². The molecule has 0 unspecified atom stereocenters. The van der Waals surface area contributed by atoms with Crippen LogP contribution in [-0.2, 0) is 16.1 Å². The number of nitrogens with zero attached hydrogens (tertiary/aromatic N) is 1. The normalized spacial score (nSPS) is 9.80. The van der Waals surface area contributed by atoms with Gasteiger partial charge < -0.3 is 20.4 Å². The van der Waals surface area contributed by atoms with Gasteiger partial charge in [-0.3, -0.25) is 0 Å². The van der Waals surface area contributed by atoms with Crippen molar-refractivity contribution in [2.75, 3.05) is 27.2 Å². The Labute approximate surface area is 116 Å². The number of carboxylic acid groups (broad SMARTS) is 2. The fraction of sp³-hybridized carbons (Fsp3) is 0.385. The summed E-state index contributed by atoms with van der Waals surface area (Å²) in [6, 6.07) is 6.59. The predicted molar refractivity (Wildman–Crippen MR) is 71.9 cm³/mol. The standard InChI is InChI=1S/C11H17FN2.C2H2O4/c1-14(2)8-7-13-9-10-3-5-11(12)6-4-10;3-1(4)2(5)6/h3-6,13H,7-9H2,1-2H3;(H,3,4)(H,5,6). The van der Waals surface area contributed by atoms with E-state index in [0.29, 0.717) is 0 Å². The van der Waals surface area contributed by atoms with Crippen molar-refractivity contribution in [2.45, 2.75) is 6.54 Å². The van der Waals surface area contributed by atoms with Crippen molar-refractivity contribution in [1.82, 2.24) is 10.2 Å². The summed E-state index contributed by atoms with van der Waals surface area (Å²) in [7, 11) is 4.08. The van der Waals surface area contributed by atoms with Crippen LogP contribution in [0.5, 0.6) is 0 Å². The first kappa shape index (κ1) is 18.0. The third-order valence-corrected chi connectivity index (χ3v) is 2.16. The van der Waals surface area contributed by atoms with E-state index >= 15 is 0 Å². The van der Waals surface area contributed by atoms with Crippen molar-refractivity contribution in [2.24, 2.45) is 0 Å². The van der Waals surface area contributed by atoms with Gasteiger partial charge in [0.2, 0.25) is 0 Å². The van der Waals surface area contributed by atoms with E-state index in [0.717, 1.165) is 25.2 Å². The first-order valence-corrected chi connectivity index (χ1v) is 5.89. The highest BCUT2D eigenvalue weighted by Gasteiger charge is 2.04. The van der Waals surface area contributed by atoms with Crippen LogP contribution in [0.3, 0.4) is 0 Å². The Morgan fingerprint density at radius 1 is 1.15 bits per heavy atom. The summed E-state index contributed by atoms with van der Waals surface area (Å²) in [5.41, 5.74) is 1.12. The van der Waals surface area contributed by atoms with E-state index < -0.39 is 11.9 Å². The van der Waals surface area contributed by atoms with Crippen molar-refractivity contribution < 1.29 is 24.2 Å². The highest BCUT2D eigenvalue weighted by Crippen LogP contribution is 2.01. The Hall–Kier alpha value is -1.99. The lowest BCUT2D eigenvalue weighted by Gasteiger charge is -2.10. The van der Waals surface area contributed by atoms with Crippen LogP contribution in [-0.4, -0.2) is 54.2 Å². The third kappa shape index (κ3) is 9.98. The van der Waals surface area contributed by atoms with Gasteiger partial charge in [-0.05, 0) is 31.8 Å². The zero-order valence-electron chi connectivity index (χ0n) is 11.5. The number of carbonyl (C=O) groups is 2. The van der Waals surface area contributed by atoms with E-state index in [1.807, 2.05) is 14.1 Å². The van der Waals surface area contributed by atoms with Crippen LogP contribution >= 0.6 is 0 Å². The van der Waals surface area contributed by atoms with E-state index in [1.165, 1.54) is 12.1 Å². The molecule has 1 aromatic carbocycles. The number of hydrogen-bond acceptors (Lipinski definition) is 4. The minimum absolute atomic E-state index is 0.179. The summed E-state index contributed by atoms with van der Waals surface area (Å²) in [5.74, 6) is -3.83. The fourth-order valence-electron chi connectivity index (χ4n) is 1.14. The molecule has 112 valence electrons. The molecular formula is C13H19FN2O4. The summed E-state index contributed by atoms with van der Waals surface area (Å²) in [6.07, 6.45) is 0. The Bertz CT molecular complexity index is 409. The molecule has 7 heteroatoms. The Morgan fingerprint density at radius 3 is 2.05 bits per heavy atom. The van der Waals surface area contributed by atoms with Gasteiger partial charge in [-0.15, -0.1) is 0 Å². The van der Waals surface area contributed by atoms with Crippen LogP contribution in [0.1, 0.15) is 5.56 Å². The number of nitrogens with one attached hydrogen (secondary N) is 1. The summed E-state index contributed by atoms with van der Waals surface area (Å²) in [4.78, 5) is 20.3. The molecule has 0 saturated carbocycles. The quantitative estimate of drug-likeness (QED) is 0.543. The molecule has 1 aromatic rings. The Kier molecular flexibility index (Phi) is 8.89. The average Bonchev–Trinajstić information content (AvgIpc) is 2.37. The highest BCUT2D eigenvalue weighted by atomic mass is 19.1. The molecule has 0 fully saturated rings. The first-order valence-electron chi connectivity index (χ1n) is 5.89. The van der Waals surface area contributed by atoms with E-state index in [4.69, 9.17) is 19.8 Å². The second kappa shape index (κ2) is 9.88. The van der Waals surface area contributed by atoms with E-state index in [2.05, 4.69) is 10.2 Å².